The van der Waals surface area contributed by atoms with Crippen molar-refractivity contribution < 1.29 is 9.59 Å². The van der Waals surface area contributed by atoms with Crippen molar-refractivity contribution in [2.24, 2.45) is 5.10 Å². The summed E-state index contributed by atoms with van der Waals surface area (Å²) in [5.41, 5.74) is 5.47. The second-order valence-electron chi connectivity index (χ2n) is 5.73. The normalized spacial score (nSPS) is 11.1. The Hall–Kier alpha value is -2.66. The van der Waals surface area contributed by atoms with Crippen LogP contribution in [0.4, 0.5) is 5.69 Å². The number of amides is 2. The molecule has 0 saturated carbocycles. The van der Waals surface area contributed by atoms with Crippen LogP contribution in [0.2, 0.25) is 5.02 Å². The van der Waals surface area contributed by atoms with E-state index in [1.807, 2.05) is 43.3 Å². The van der Waals surface area contributed by atoms with E-state index in [1.54, 1.807) is 19.1 Å². The highest BCUT2D eigenvalue weighted by Crippen LogP contribution is 2.20. The van der Waals surface area contributed by atoms with Gasteiger partial charge >= 0.3 is 0 Å². The average Bonchev–Trinajstić information content (AvgIpc) is 2.57. The van der Waals surface area contributed by atoms with E-state index < -0.39 is 0 Å². The van der Waals surface area contributed by atoms with Gasteiger partial charge in [0.2, 0.25) is 11.8 Å². The molecule has 6 heteroatoms. The van der Waals surface area contributed by atoms with Crippen LogP contribution in [0.5, 0.6) is 0 Å². The summed E-state index contributed by atoms with van der Waals surface area (Å²) in [4.78, 5) is 23.9. The first kappa shape index (κ1) is 18.7. The summed E-state index contributed by atoms with van der Waals surface area (Å²) in [7, 11) is 0. The summed E-state index contributed by atoms with van der Waals surface area (Å²) in [6.45, 7) is 3.57. The smallest absolute Gasteiger partial charge is 0.244 e. The average molecular weight is 358 g/mol. The van der Waals surface area contributed by atoms with Crippen molar-refractivity contribution in [3.63, 3.8) is 0 Å². The SMILES string of the molecule is C/C(CC(=O)Nc1cc(Cl)ccc1C)=N\NC(=O)Cc1ccccc1. The summed E-state index contributed by atoms with van der Waals surface area (Å²) < 4.78 is 0. The Morgan fingerprint density at radius 2 is 1.80 bits per heavy atom. The van der Waals surface area contributed by atoms with Gasteiger partial charge in [0.15, 0.2) is 0 Å². The number of rotatable bonds is 6. The van der Waals surface area contributed by atoms with Crippen LogP contribution in [0, 0.1) is 6.92 Å². The molecule has 2 aromatic carbocycles. The van der Waals surface area contributed by atoms with E-state index in [2.05, 4.69) is 15.8 Å². The van der Waals surface area contributed by atoms with E-state index in [1.165, 1.54) is 0 Å². The van der Waals surface area contributed by atoms with Crippen molar-refractivity contribution in [2.75, 3.05) is 5.32 Å². The summed E-state index contributed by atoms with van der Waals surface area (Å²) in [5, 5.41) is 7.32. The summed E-state index contributed by atoms with van der Waals surface area (Å²) in [6, 6.07) is 14.7. The lowest BCUT2D eigenvalue weighted by Crippen LogP contribution is -2.23. The van der Waals surface area contributed by atoms with Crippen molar-refractivity contribution in [3.05, 3.63) is 64.7 Å². The van der Waals surface area contributed by atoms with Gasteiger partial charge in [-0.25, -0.2) is 5.43 Å². The lowest BCUT2D eigenvalue weighted by Gasteiger charge is -2.09. The molecule has 0 heterocycles. The molecule has 5 nitrogen and oxygen atoms in total. The molecule has 0 aliphatic heterocycles. The first-order valence-corrected chi connectivity index (χ1v) is 8.24. The second kappa shape index (κ2) is 8.99. The van der Waals surface area contributed by atoms with Gasteiger partial charge in [-0.05, 0) is 37.1 Å². The molecule has 2 rings (SSSR count). The molecule has 0 atom stereocenters. The van der Waals surface area contributed by atoms with Crippen molar-refractivity contribution in [1.82, 2.24) is 5.43 Å². The van der Waals surface area contributed by atoms with Gasteiger partial charge in [0, 0.05) is 16.4 Å². The molecule has 2 aromatic rings. The number of benzene rings is 2. The molecule has 2 N–H and O–H groups in total. The Morgan fingerprint density at radius 3 is 2.52 bits per heavy atom. The number of hydrogen-bond acceptors (Lipinski definition) is 3. The number of aryl methyl sites for hydroxylation is 1. The lowest BCUT2D eigenvalue weighted by atomic mass is 10.1. The molecule has 2 amide bonds. The highest BCUT2D eigenvalue weighted by atomic mass is 35.5. The second-order valence-corrected chi connectivity index (χ2v) is 6.17. The van der Waals surface area contributed by atoms with E-state index in [-0.39, 0.29) is 24.7 Å². The Kier molecular flexibility index (Phi) is 6.71. The van der Waals surface area contributed by atoms with Gasteiger partial charge in [0.25, 0.3) is 0 Å². The Balaban J connectivity index is 1.84. The predicted octanol–water partition coefficient (Wildman–Crippen LogP) is 3.71. The topological polar surface area (TPSA) is 70.6 Å². The number of nitrogens with one attached hydrogen (secondary N) is 2. The van der Waals surface area contributed by atoms with Crippen molar-refractivity contribution in [1.29, 1.82) is 0 Å². The maximum atomic E-state index is 12.1. The largest absolute Gasteiger partial charge is 0.325 e. The van der Waals surface area contributed by atoms with Crippen LogP contribution in [0.1, 0.15) is 24.5 Å². The molecular weight excluding hydrogens is 338 g/mol. The van der Waals surface area contributed by atoms with E-state index in [0.29, 0.717) is 16.4 Å². The minimum Gasteiger partial charge on any atom is -0.325 e. The Morgan fingerprint density at radius 1 is 1.08 bits per heavy atom. The summed E-state index contributed by atoms with van der Waals surface area (Å²) >= 11 is 5.93. The number of anilines is 1. The number of hydrogen-bond donors (Lipinski definition) is 2. The number of carbonyl (C=O) groups is 2. The predicted molar refractivity (Wildman–Crippen MR) is 101 cm³/mol. The van der Waals surface area contributed by atoms with Crippen LogP contribution in [-0.4, -0.2) is 17.5 Å². The standard InChI is InChI=1S/C19H20ClN3O2/c1-13-8-9-16(20)12-17(13)21-18(24)10-14(2)22-23-19(25)11-15-6-4-3-5-7-15/h3-9,12H,10-11H2,1-2H3,(H,21,24)(H,23,25)/b22-14+. The summed E-state index contributed by atoms with van der Waals surface area (Å²) in [6.07, 6.45) is 0.323. The molecule has 0 spiro atoms. The fourth-order valence-corrected chi connectivity index (χ4v) is 2.35. The zero-order chi connectivity index (χ0) is 18.2. The minimum absolute atomic E-state index is 0.0809. The van der Waals surface area contributed by atoms with Crippen LogP contribution in [-0.2, 0) is 16.0 Å². The van der Waals surface area contributed by atoms with Gasteiger partial charge < -0.3 is 5.32 Å². The molecule has 130 valence electrons. The lowest BCUT2D eigenvalue weighted by molar-refractivity contribution is -0.120. The molecule has 0 aliphatic rings. The number of carbonyl (C=O) groups excluding carboxylic acids is 2. The highest BCUT2D eigenvalue weighted by Gasteiger charge is 2.08. The van der Waals surface area contributed by atoms with Gasteiger partial charge in [-0.2, -0.15) is 5.10 Å². The van der Waals surface area contributed by atoms with E-state index in [9.17, 15) is 9.59 Å². The Labute approximate surface area is 152 Å². The third-order valence-corrected chi connectivity index (χ3v) is 3.70. The summed E-state index contributed by atoms with van der Waals surface area (Å²) in [5.74, 6) is -0.444. The van der Waals surface area contributed by atoms with Gasteiger partial charge in [0.05, 0.1) is 12.8 Å². The molecule has 0 saturated heterocycles. The van der Waals surface area contributed by atoms with Gasteiger partial charge in [-0.15, -0.1) is 0 Å². The zero-order valence-electron chi connectivity index (χ0n) is 14.2. The van der Waals surface area contributed by atoms with Crippen LogP contribution < -0.4 is 10.7 Å². The van der Waals surface area contributed by atoms with E-state index >= 15 is 0 Å². The maximum absolute atomic E-state index is 12.1. The highest BCUT2D eigenvalue weighted by molar-refractivity contribution is 6.31. The number of nitrogens with zero attached hydrogens (tertiary/aromatic N) is 1. The van der Waals surface area contributed by atoms with Crippen LogP contribution in [0.3, 0.4) is 0 Å². The first-order chi connectivity index (χ1) is 11.9. The molecule has 0 bridgehead atoms. The minimum atomic E-state index is -0.225. The molecule has 25 heavy (non-hydrogen) atoms. The van der Waals surface area contributed by atoms with E-state index in [0.717, 1.165) is 11.1 Å². The molecule has 0 aromatic heterocycles. The molecule has 0 radical (unpaired) electrons. The molecule has 0 aliphatic carbocycles. The maximum Gasteiger partial charge on any atom is 0.244 e. The Bertz CT molecular complexity index is 789. The van der Waals surface area contributed by atoms with Crippen molar-refractivity contribution in [2.45, 2.75) is 26.7 Å². The van der Waals surface area contributed by atoms with Crippen LogP contribution >= 0.6 is 11.6 Å². The molecular formula is C19H20ClN3O2. The number of hydrazone groups is 1. The fourth-order valence-electron chi connectivity index (χ4n) is 2.17. The molecule has 0 unspecified atom stereocenters. The van der Waals surface area contributed by atoms with Gasteiger partial charge in [-0.3, -0.25) is 9.59 Å². The van der Waals surface area contributed by atoms with Crippen molar-refractivity contribution in [3.8, 4) is 0 Å². The van der Waals surface area contributed by atoms with Gasteiger partial charge in [0.1, 0.15) is 0 Å². The number of halogens is 1. The first-order valence-electron chi connectivity index (χ1n) is 7.86. The third kappa shape index (κ3) is 6.39. The van der Waals surface area contributed by atoms with Crippen LogP contribution in [0.15, 0.2) is 53.6 Å². The fraction of sp³-hybridized carbons (Fsp3) is 0.211. The van der Waals surface area contributed by atoms with Crippen LogP contribution in [0.25, 0.3) is 0 Å². The third-order valence-electron chi connectivity index (χ3n) is 3.47. The zero-order valence-corrected chi connectivity index (χ0v) is 14.9. The quantitative estimate of drug-likeness (QED) is 0.611. The van der Waals surface area contributed by atoms with Gasteiger partial charge in [-0.1, -0.05) is 48.0 Å². The van der Waals surface area contributed by atoms with Crippen molar-refractivity contribution >= 4 is 34.8 Å². The van der Waals surface area contributed by atoms with E-state index in [4.69, 9.17) is 11.6 Å². The monoisotopic (exact) mass is 357 g/mol. The molecule has 0 fully saturated rings.